The summed E-state index contributed by atoms with van der Waals surface area (Å²) in [5.74, 6) is -0.910. The Morgan fingerprint density at radius 1 is 1.38 bits per heavy atom. The lowest BCUT2D eigenvalue weighted by Gasteiger charge is -2.38. The molecule has 4 heteroatoms. The first-order valence-electron chi connectivity index (χ1n) is 7.58. The van der Waals surface area contributed by atoms with Crippen LogP contribution in [0.5, 0.6) is 0 Å². The maximum Gasteiger partial charge on any atom is 0.328 e. The average Bonchev–Trinajstić information content (AvgIpc) is 2.96. The van der Waals surface area contributed by atoms with Crippen molar-refractivity contribution in [3.8, 4) is 0 Å². The van der Waals surface area contributed by atoms with Crippen molar-refractivity contribution >= 4 is 12.0 Å². The molecule has 0 bridgehead atoms. The number of aliphatic carboxylic acids is 1. The van der Waals surface area contributed by atoms with Gasteiger partial charge < -0.3 is 9.84 Å². The fraction of sp³-hybridized carbons (Fsp3) is 0.471. The minimum absolute atomic E-state index is 0.389. The first-order valence-corrected chi connectivity index (χ1v) is 7.58. The molecule has 0 amide bonds. The van der Waals surface area contributed by atoms with Crippen LogP contribution in [0.4, 0.5) is 0 Å². The quantitative estimate of drug-likeness (QED) is 0.865. The van der Waals surface area contributed by atoms with Gasteiger partial charge in [0.2, 0.25) is 0 Å². The van der Waals surface area contributed by atoms with E-state index in [-0.39, 0.29) is 0 Å². The molecule has 0 spiro atoms. The highest BCUT2D eigenvalue weighted by molar-refractivity contribution is 5.85. The third-order valence-electron chi connectivity index (χ3n) is 4.43. The van der Waals surface area contributed by atoms with Crippen LogP contribution in [-0.2, 0) is 16.1 Å². The molecule has 1 saturated carbocycles. The summed E-state index contributed by atoms with van der Waals surface area (Å²) in [7, 11) is 0. The SMILES string of the molecule is O=C(O)C=Cc1ccccc1CN1CCOC2CCCC21. The number of carboxylic acid groups (broad SMARTS) is 1. The molecule has 4 nitrogen and oxygen atoms in total. The maximum atomic E-state index is 10.7. The van der Waals surface area contributed by atoms with Crippen LogP contribution in [0.3, 0.4) is 0 Å². The second-order valence-corrected chi connectivity index (χ2v) is 5.75. The summed E-state index contributed by atoms with van der Waals surface area (Å²) in [6.07, 6.45) is 6.90. The van der Waals surface area contributed by atoms with Gasteiger partial charge in [0.15, 0.2) is 0 Å². The molecule has 2 atom stereocenters. The fourth-order valence-electron chi connectivity index (χ4n) is 3.42. The molecule has 2 unspecified atom stereocenters. The van der Waals surface area contributed by atoms with E-state index in [4.69, 9.17) is 9.84 Å². The third kappa shape index (κ3) is 3.34. The average molecular weight is 287 g/mol. The van der Waals surface area contributed by atoms with Crippen molar-refractivity contribution in [1.82, 2.24) is 4.90 Å². The molecule has 2 fully saturated rings. The number of morpholine rings is 1. The van der Waals surface area contributed by atoms with E-state index in [2.05, 4.69) is 11.0 Å². The molecule has 1 N–H and O–H groups in total. The summed E-state index contributed by atoms with van der Waals surface area (Å²) in [5, 5.41) is 8.80. The van der Waals surface area contributed by atoms with Gasteiger partial charge in [-0.05, 0) is 36.5 Å². The summed E-state index contributed by atoms with van der Waals surface area (Å²) >= 11 is 0. The van der Waals surface area contributed by atoms with Crippen molar-refractivity contribution in [1.29, 1.82) is 0 Å². The van der Waals surface area contributed by atoms with E-state index in [1.807, 2.05) is 18.2 Å². The predicted molar refractivity (Wildman–Crippen MR) is 80.9 cm³/mol. The predicted octanol–water partition coefficient (Wildman–Crippen LogP) is 2.54. The number of fused-ring (bicyclic) bond motifs is 1. The Morgan fingerprint density at radius 3 is 3.10 bits per heavy atom. The molecule has 1 aromatic carbocycles. The molecule has 2 aliphatic rings. The van der Waals surface area contributed by atoms with Crippen LogP contribution < -0.4 is 0 Å². The summed E-state index contributed by atoms with van der Waals surface area (Å²) < 4.78 is 5.85. The van der Waals surface area contributed by atoms with E-state index in [0.29, 0.717) is 12.1 Å². The van der Waals surface area contributed by atoms with E-state index in [0.717, 1.165) is 25.3 Å². The minimum atomic E-state index is -0.910. The zero-order valence-electron chi connectivity index (χ0n) is 12.1. The third-order valence-corrected chi connectivity index (χ3v) is 4.43. The summed E-state index contributed by atoms with van der Waals surface area (Å²) in [6.45, 7) is 2.62. The summed E-state index contributed by atoms with van der Waals surface area (Å²) in [4.78, 5) is 13.2. The Balaban J connectivity index is 1.76. The van der Waals surface area contributed by atoms with Gasteiger partial charge >= 0.3 is 5.97 Å². The van der Waals surface area contributed by atoms with Gasteiger partial charge in [-0.25, -0.2) is 4.79 Å². The van der Waals surface area contributed by atoms with Gasteiger partial charge in [0.05, 0.1) is 12.7 Å². The molecule has 21 heavy (non-hydrogen) atoms. The van der Waals surface area contributed by atoms with E-state index in [9.17, 15) is 4.79 Å². The normalized spacial score (nSPS) is 26.1. The zero-order chi connectivity index (χ0) is 14.7. The monoisotopic (exact) mass is 287 g/mol. The van der Waals surface area contributed by atoms with Crippen molar-refractivity contribution in [2.75, 3.05) is 13.2 Å². The topological polar surface area (TPSA) is 49.8 Å². The lowest BCUT2D eigenvalue weighted by Crippen LogP contribution is -2.47. The van der Waals surface area contributed by atoms with Crippen molar-refractivity contribution < 1.29 is 14.6 Å². The number of benzene rings is 1. The standard InChI is InChI=1S/C17H21NO3/c19-17(20)9-8-13-4-1-2-5-14(13)12-18-10-11-21-16-7-3-6-15(16)18/h1-2,4-5,8-9,15-16H,3,6-7,10-12H2,(H,19,20). The number of ether oxygens (including phenoxy) is 1. The zero-order valence-corrected chi connectivity index (χ0v) is 12.1. The Hall–Kier alpha value is -1.65. The molecule has 1 aromatic rings. The van der Waals surface area contributed by atoms with Gasteiger partial charge in [-0.1, -0.05) is 24.3 Å². The minimum Gasteiger partial charge on any atom is -0.478 e. The van der Waals surface area contributed by atoms with E-state index in [1.165, 1.54) is 30.9 Å². The molecule has 1 heterocycles. The van der Waals surface area contributed by atoms with Crippen LogP contribution in [0.25, 0.3) is 6.08 Å². The van der Waals surface area contributed by atoms with E-state index < -0.39 is 5.97 Å². The van der Waals surface area contributed by atoms with E-state index in [1.54, 1.807) is 6.08 Å². The Bertz CT molecular complexity index is 541. The van der Waals surface area contributed by atoms with Gasteiger partial charge in [0, 0.05) is 25.2 Å². The van der Waals surface area contributed by atoms with Gasteiger partial charge in [-0.3, -0.25) is 4.90 Å². The van der Waals surface area contributed by atoms with Crippen molar-refractivity contribution in [3.63, 3.8) is 0 Å². The molecule has 1 aliphatic carbocycles. The Morgan fingerprint density at radius 2 is 2.24 bits per heavy atom. The van der Waals surface area contributed by atoms with Crippen LogP contribution in [0.1, 0.15) is 30.4 Å². The molecule has 112 valence electrons. The van der Waals surface area contributed by atoms with Crippen LogP contribution in [0, 0.1) is 0 Å². The second-order valence-electron chi connectivity index (χ2n) is 5.75. The molecule has 1 aliphatic heterocycles. The summed E-state index contributed by atoms with van der Waals surface area (Å²) in [5.41, 5.74) is 2.17. The molecule has 0 radical (unpaired) electrons. The first-order chi connectivity index (χ1) is 10.2. The van der Waals surface area contributed by atoms with Crippen molar-refractivity contribution in [2.45, 2.75) is 38.0 Å². The number of carbonyl (C=O) groups is 1. The number of hydrogen-bond acceptors (Lipinski definition) is 3. The Labute approximate surface area is 125 Å². The smallest absolute Gasteiger partial charge is 0.328 e. The molecule has 1 saturated heterocycles. The molecular weight excluding hydrogens is 266 g/mol. The second kappa shape index (κ2) is 6.41. The fourth-order valence-corrected chi connectivity index (χ4v) is 3.42. The van der Waals surface area contributed by atoms with Gasteiger partial charge in [0.25, 0.3) is 0 Å². The molecule has 0 aromatic heterocycles. The van der Waals surface area contributed by atoms with Crippen LogP contribution in [0.2, 0.25) is 0 Å². The van der Waals surface area contributed by atoms with Gasteiger partial charge in [-0.15, -0.1) is 0 Å². The molecule has 3 rings (SSSR count). The van der Waals surface area contributed by atoms with Crippen LogP contribution >= 0.6 is 0 Å². The Kier molecular flexibility index (Phi) is 4.36. The van der Waals surface area contributed by atoms with E-state index >= 15 is 0 Å². The number of hydrogen-bond donors (Lipinski definition) is 1. The van der Waals surface area contributed by atoms with Crippen molar-refractivity contribution in [2.24, 2.45) is 0 Å². The van der Waals surface area contributed by atoms with Crippen molar-refractivity contribution in [3.05, 3.63) is 41.5 Å². The van der Waals surface area contributed by atoms with Crippen LogP contribution in [-0.4, -0.2) is 41.3 Å². The van der Waals surface area contributed by atoms with Crippen LogP contribution in [0.15, 0.2) is 30.3 Å². The lowest BCUT2D eigenvalue weighted by atomic mass is 10.0. The molecular formula is C17H21NO3. The number of rotatable bonds is 4. The van der Waals surface area contributed by atoms with Gasteiger partial charge in [-0.2, -0.15) is 0 Å². The number of nitrogens with zero attached hydrogens (tertiary/aromatic N) is 1. The van der Waals surface area contributed by atoms with Gasteiger partial charge in [0.1, 0.15) is 0 Å². The largest absolute Gasteiger partial charge is 0.478 e. The lowest BCUT2D eigenvalue weighted by molar-refractivity contribution is -0.131. The highest BCUT2D eigenvalue weighted by atomic mass is 16.5. The first kappa shape index (κ1) is 14.3. The summed E-state index contributed by atoms with van der Waals surface area (Å²) in [6, 6.07) is 8.54. The maximum absolute atomic E-state index is 10.7. The highest BCUT2D eigenvalue weighted by Crippen LogP contribution is 2.31. The highest BCUT2D eigenvalue weighted by Gasteiger charge is 2.35. The number of carboxylic acids is 1.